The molecule has 0 spiro atoms. The van der Waals surface area contributed by atoms with Gasteiger partial charge < -0.3 is 5.32 Å². The Hall–Kier alpha value is -3.33. The van der Waals surface area contributed by atoms with Crippen molar-refractivity contribution in [2.75, 3.05) is 16.2 Å². The highest BCUT2D eigenvalue weighted by molar-refractivity contribution is 7.92. The molecule has 1 amide bonds. The monoisotopic (exact) mass is 434 g/mol. The van der Waals surface area contributed by atoms with Gasteiger partial charge in [0.15, 0.2) is 11.6 Å². The first-order chi connectivity index (χ1) is 14.2. The minimum Gasteiger partial charge on any atom is -0.324 e. The van der Waals surface area contributed by atoms with E-state index in [1.165, 1.54) is 12.1 Å². The predicted octanol–water partition coefficient (Wildman–Crippen LogP) is 4.25. The Morgan fingerprint density at radius 1 is 0.900 bits per heavy atom. The molecule has 0 saturated heterocycles. The third-order valence-corrected chi connectivity index (χ3v) is 6.00. The fourth-order valence-corrected chi connectivity index (χ4v) is 4.09. The summed E-state index contributed by atoms with van der Waals surface area (Å²) in [5.41, 5.74) is 1.07. The van der Waals surface area contributed by atoms with E-state index in [1.54, 1.807) is 12.1 Å². The van der Waals surface area contributed by atoms with Crippen molar-refractivity contribution in [1.29, 1.82) is 0 Å². The van der Waals surface area contributed by atoms with Gasteiger partial charge in [0.1, 0.15) is 12.4 Å². The fourth-order valence-electron chi connectivity index (χ4n) is 2.66. The molecule has 9 heteroatoms. The number of hydrogen-bond acceptors (Lipinski definition) is 3. The molecule has 1 N–H and O–H groups in total. The molecule has 3 aromatic carbocycles. The van der Waals surface area contributed by atoms with Crippen molar-refractivity contribution in [2.45, 2.75) is 11.8 Å². The number of sulfonamides is 1. The van der Waals surface area contributed by atoms with Crippen molar-refractivity contribution in [3.8, 4) is 0 Å². The van der Waals surface area contributed by atoms with Crippen molar-refractivity contribution in [3.05, 3.63) is 89.7 Å². The molecule has 0 unspecified atom stereocenters. The molecule has 0 aromatic heterocycles. The zero-order chi connectivity index (χ0) is 21.9. The zero-order valence-electron chi connectivity index (χ0n) is 15.8. The molecule has 30 heavy (non-hydrogen) atoms. The van der Waals surface area contributed by atoms with Crippen LogP contribution in [0.15, 0.2) is 71.6 Å². The number of hydrogen-bond donors (Lipinski definition) is 1. The molecule has 0 aliphatic heterocycles. The molecular weight excluding hydrogens is 417 g/mol. The number of benzene rings is 3. The van der Waals surface area contributed by atoms with Crippen LogP contribution in [0.5, 0.6) is 0 Å². The van der Waals surface area contributed by atoms with Gasteiger partial charge in [-0.2, -0.15) is 0 Å². The second-order valence-corrected chi connectivity index (χ2v) is 8.34. The van der Waals surface area contributed by atoms with Crippen molar-refractivity contribution in [3.63, 3.8) is 0 Å². The fraction of sp³-hybridized carbons (Fsp3) is 0.0952. The number of aryl methyl sites for hydroxylation is 1. The second-order valence-electron chi connectivity index (χ2n) is 6.48. The largest absolute Gasteiger partial charge is 0.324 e. The van der Waals surface area contributed by atoms with Crippen LogP contribution in [0, 0.1) is 24.4 Å². The molecule has 0 bridgehead atoms. The van der Waals surface area contributed by atoms with Gasteiger partial charge in [0.25, 0.3) is 10.0 Å². The highest BCUT2D eigenvalue weighted by atomic mass is 32.2. The van der Waals surface area contributed by atoms with Crippen molar-refractivity contribution >= 4 is 27.3 Å². The first kappa shape index (κ1) is 21.4. The summed E-state index contributed by atoms with van der Waals surface area (Å²) >= 11 is 0. The Kier molecular flexibility index (Phi) is 6.12. The van der Waals surface area contributed by atoms with Gasteiger partial charge in [-0.05, 0) is 55.5 Å². The van der Waals surface area contributed by atoms with Crippen LogP contribution in [0.2, 0.25) is 0 Å². The minimum absolute atomic E-state index is 0.0260. The summed E-state index contributed by atoms with van der Waals surface area (Å²) in [5, 5.41) is 2.34. The Labute approximate surface area is 171 Å². The van der Waals surface area contributed by atoms with E-state index in [4.69, 9.17) is 0 Å². The third kappa shape index (κ3) is 4.80. The Balaban J connectivity index is 1.93. The van der Waals surface area contributed by atoms with Crippen LogP contribution in [0.3, 0.4) is 0 Å². The smallest absolute Gasteiger partial charge is 0.264 e. The number of amides is 1. The molecule has 0 fully saturated rings. The lowest BCUT2D eigenvalue weighted by molar-refractivity contribution is -0.114. The summed E-state index contributed by atoms with van der Waals surface area (Å²) in [6, 6.07) is 13.4. The van der Waals surface area contributed by atoms with Crippen LogP contribution in [0.1, 0.15) is 5.56 Å². The maximum Gasteiger partial charge on any atom is 0.264 e. The van der Waals surface area contributed by atoms with Gasteiger partial charge in [0.2, 0.25) is 5.91 Å². The minimum atomic E-state index is -4.21. The lowest BCUT2D eigenvalue weighted by Gasteiger charge is -2.24. The highest BCUT2D eigenvalue weighted by Gasteiger charge is 2.27. The first-order valence-electron chi connectivity index (χ1n) is 8.77. The predicted molar refractivity (Wildman–Crippen MR) is 107 cm³/mol. The summed E-state index contributed by atoms with van der Waals surface area (Å²) in [6.45, 7) is 1.18. The molecule has 0 aliphatic carbocycles. The van der Waals surface area contributed by atoms with Crippen LogP contribution in [0.4, 0.5) is 24.5 Å². The van der Waals surface area contributed by atoms with Gasteiger partial charge in [0, 0.05) is 11.8 Å². The van der Waals surface area contributed by atoms with Crippen LogP contribution in [0.25, 0.3) is 0 Å². The van der Waals surface area contributed by atoms with Crippen molar-refractivity contribution < 1.29 is 26.4 Å². The van der Waals surface area contributed by atoms with Crippen LogP contribution < -0.4 is 9.62 Å². The van der Waals surface area contributed by atoms with Gasteiger partial charge in [-0.3, -0.25) is 9.10 Å². The van der Waals surface area contributed by atoms with Crippen LogP contribution in [-0.4, -0.2) is 20.9 Å². The van der Waals surface area contributed by atoms with Gasteiger partial charge in [-0.1, -0.05) is 17.7 Å². The number of nitrogens with zero attached hydrogens (tertiary/aromatic N) is 1. The molecule has 156 valence electrons. The Morgan fingerprint density at radius 2 is 1.53 bits per heavy atom. The normalized spacial score (nSPS) is 11.2. The third-order valence-electron chi connectivity index (χ3n) is 4.21. The second kappa shape index (κ2) is 8.58. The van der Waals surface area contributed by atoms with Crippen LogP contribution >= 0.6 is 0 Å². The van der Waals surface area contributed by atoms with Gasteiger partial charge in [0.05, 0.1) is 10.6 Å². The summed E-state index contributed by atoms with van der Waals surface area (Å²) in [4.78, 5) is 12.3. The van der Waals surface area contributed by atoms with E-state index < -0.39 is 39.9 Å². The molecule has 0 heterocycles. The van der Waals surface area contributed by atoms with E-state index in [-0.39, 0.29) is 16.3 Å². The maximum atomic E-state index is 13.4. The summed E-state index contributed by atoms with van der Waals surface area (Å²) in [6.07, 6.45) is 0. The van der Waals surface area contributed by atoms with Crippen LogP contribution in [-0.2, 0) is 14.8 Å². The Morgan fingerprint density at radius 3 is 2.13 bits per heavy atom. The number of carbonyl (C=O) groups excluding carboxylic acids is 1. The number of anilines is 2. The molecule has 0 radical (unpaired) electrons. The standard InChI is InChI=1S/C21H17F3N2O3S/c1-14-2-7-17(8-3-14)26(30(28,29)18-9-4-15(22)5-10-18)13-21(27)25-16-6-11-19(23)20(24)12-16/h2-12H,13H2,1H3,(H,25,27). The average Bonchev–Trinajstić information content (AvgIpc) is 2.70. The molecule has 3 rings (SSSR count). The number of carbonyl (C=O) groups is 1. The summed E-state index contributed by atoms with van der Waals surface area (Å²) < 4.78 is 66.8. The Bertz CT molecular complexity index is 1170. The lowest BCUT2D eigenvalue weighted by Crippen LogP contribution is -2.38. The van der Waals surface area contributed by atoms with E-state index in [0.29, 0.717) is 0 Å². The van der Waals surface area contributed by atoms with E-state index in [9.17, 15) is 26.4 Å². The molecule has 0 saturated carbocycles. The van der Waals surface area contributed by atoms with E-state index in [1.807, 2.05) is 6.92 Å². The van der Waals surface area contributed by atoms with Gasteiger partial charge in [-0.25, -0.2) is 21.6 Å². The number of rotatable bonds is 6. The topological polar surface area (TPSA) is 66.5 Å². The first-order valence-corrected chi connectivity index (χ1v) is 10.2. The molecule has 3 aromatic rings. The SMILES string of the molecule is Cc1ccc(N(CC(=O)Nc2ccc(F)c(F)c2)S(=O)(=O)c2ccc(F)cc2)cc1. The number of nitrogens with one attached hydrogen (secondary N) is 1. The maximum absolute atomic E-state index is 13.4. The average molecular weight is 434 g/mol. The summed E-state index contributed by atoms with van der Waals surface area (Å²) in [5.74, 6) is -3.60. The quantitative estimate of drug-likeness (QED) is 0.631. The molecule has 5 nitrogen and oxygen atoms in total. The van der Waals surface area contributed by atoms with E-state index >= 15 is 0 Å². The van der Waals surface area contributed by atoms with Gasteiger partial charge >= 0.3 is 0 Å². The lowest BCUT2D eigenvalue weighted by atomic mass is 10.2. The van der Waals surface area contributed by atoms with Gasteiger partial charge in [-0.15, -0.1) is 0 Å². The van der Waals surface area contributed by atoms with Crippen molar-refractivity contribution in [2.24, 2.45) is 0 Å². The van der Waals surface area contributed by atoms with E-state index in [0.717, 1.165) is 52.3 Å². The summed E-state index contributed by atoms with van der Waals surface area (Å²) in [7, 11) is -4.21. The van der Waals surface area contributed by atoms with Crippen molar-refractivity contribution in [1.82, 2.24) is 0 Å². The molecule has 0 aliphatic rings. The molecule has 0 atom stereocenters. The van der Waals surface area contributed by atoms with E-state index in [2.05, 4.69) is 5.32 Å². The number of halogens is 3. The molecular formula is C21H17F3N2O3S. The highest BCUT2D eigenvalue weighted by Crippen LogP contribution is 2.24. The zero-order valence-corrected chi connectivity index (χ0v) is 16.6.